The second-order valence-electron chi connectivity index (χ2n) is 6.06. The number of rotatable bonds is 7. The highest BCUT2D eigenvalue weighted by Crippen LogP contribution is 2.33. The highest BCUT2D eigenvalue weighted by Gasteiger charge is 2.16. The molecule has 0 unspecified atom stereocenters. The van der Waals surface area contributed by atoms with Gasteiger partial charge in [0.15, 0.2) is 11.5 Å². The van der Waals surface area contributed by atoms with E-state index in [1.54, 1.807) is 14.0 Å². The van der Waals surface area contributed by atoms with E-state index in [1.807, 2.05) is 36.4 Å². The fourth-order valence-electron chi connectivity index (χ4n) is 2.89. The Labute approximate surface area is 142 Å². The highest BCUT2D eigenvalue weighted by atomic mass is 16.7. The van der Waals surface area contributed by atoms with Crippen LogP contribution in [0.4, 0.5) is 0 Å². The maximum atomic E-state index is 9.82. The van der Waals surface area contributed by atoms with E-state index in [4.69, 9.17) is 14.2 Å². The van der Waals surface area contributed by atoms with Gasteiger partial charge < -0.3 is 19.3 Å². The first-order chi connectivity index (χ1) is 11.6. The molecule has 0 saturated carbocycles. The van der Waals surface area contributed by atoms with Crippen LogP contribution in [-0.2, 0) is 13.1 Å². The van der Waals surface area contributed by atoms with Crippen molar-refractivity contribution in [1.29, 1.82) is 0 Å². The van der Waals surface area contributed by atoms with Crippen LogP contribution in [0, 0.1) is 0 Å². The smallest absolute Gasteiger partial charge is 0.231 e. The lowest BCUT2D eigenvalue weighted by atomic mass is 10.1. The molecule has 0 amide bonds. The second kappa shape index (κ2) is 7.55. The van der Waals surface area contributed by atoms with Crippen molar-refractivity contribution < 1.29 is 19.3 Å². The van der Waals surface area contributed by atoms with E-state index >= 15 is 0 Å². The van der Waals surface area contributed by atoms with Gasteiger partial charge in [-0.05, 0) is 42.3 Å². The van der Waals surface area contributed by atoms with Crippen LogP contribution in [0.1, 0.15) is 18.1 Å². The molecule has 128 valence electrons. The molecular formula is C19H23NO4. The van der Waals surface area contributed by atoms with Crippen molar-refractivity contribution in [2.45, 2.75) is 26.1 Å². The minimum absolute atomic E-state index is 0.278. The van der Waals surface area contributed by atoms with Gasteiger partial charge in [-0.3, -0.25) is 4.90 Å². The molecule has 2 aromatic rings. The van der Waals surface area contributed by atoms with E-state index in [0.717, 1.165) is 41.5 Å². The van der Waals surface area contributed by atoms with Crippen molar-refractivity contribution in [3.05, 3.63) is 53.6 Å². The predicted molar refractivity (Wildman–Crippen MR) is 91.4 cm³/mol. The summed E-state index contributed by atoms with van der Waals surface area (Å²) in [6.45, 7) is 4.12. The first kappa shape index (κ1) is 16.6. The third-order valence-corrected chi connectivity index (χ3v) is 3.91. The number of benzene rings is 2. The SMILES string of the molecule is COc1cccc(CN(Cc2ccc3c(c2)OCO3)C[C@H](C)O)c1. The topological polar surface area (TPSA) is 51.2 Å². The molecule has 2 aromatic carbocycles. The van der Waals surface area contributed by atoms with Gasteiger partial charge in [0.2, 0.25) is 6.79 Å². The first-order valence-corrected chi connectivity index (χ1v) is 8.06. The molecule has 0 spiro atoms. The molecule has 1 atom stereocenters. The van der Waals surface area contributed by atoms with Gasteiger partial charge >= 0.3 is 0 Å². The van der Waals surface area contributed by atoms with E-state index in [2.05, 4.69) is 11.0 Å². The maximum absolute atomic E-state index is 9.82. The van der Waals surface area contributed by atoms with Crippen molar-refractivity contribution in [2.75, 3.05) is 20.4 Å². The van der Waals surface area contributed by atoms with Crippen LogP contribution in [0.15, 0.2) is 42.5 Å². The van der Waals surface area contributed by atoms with Crippen LogP contribution in [0.2, 0.25) is 0 Å². The largest absolute Gasteiger partial charge is 0.497 e. The van der Waals surface area contributed by atoms with Crippen LogP contribution >= 0.6 is 0 Å². The lowest BCUT2D eigenvalue weighted by Crippen LogP contribution is -2.30. The van der Waals surface area contributed by atoms with Gasteiger partial charge in [0.25, 0.3) is 0 Å². The molecule has 0 aliphatic carbocycles. The quantitative estimate of drug-likeness (QED) is 0.846. The minimum atomic E-state index is -0.399. The predicted octanol–water partition coefficient (Wildman–Crippen LogP) is 2.81. The highest BCUT2D eigenvalue weighted by molar-refractivity contribution is 5.44. The van der Waals surface area contributed by atoms with Gasteiger partial charge in [0, 0.05) is 19.6 Å². The Morgan fingerprint density at radius 1 is 1.08 bits per heavy atom. The number of aliphatic hydroxyl groups excluding tert-OH is 1. The summed E-state index contributed by atoms with van der Waals surface area (Å²) in [5.41, 5.74) is 2.28. The van der Waals surface area contributed by atoms with Crippen LogP contribution in [0.25, 0.3) is 0 Å². The molecule has 5 nitrogen and oxygen atoms in total. The standard InChI is InChI=1S/C19H23NO4/c1-14(21)10-20(11-15-4-3-5-17(8-15)22-2)12-16-6-7-18-19(9-16)24-13-23-18/h3-9,14,21H,10-13H2,1-2H3/t14-/m0/s1. The zero-order valence-electron chi connectivity index (χ0n) is 14.1. The Balaban J connectivity index is 1.73. The number of hydrogen-bond donors (Lipinski definition) is 1. The average molecular weight is 329 g/mol. The molecular weight excluding hydrogens is 306 g/mol. The molecule has 3 rings (SSSR count). The van der Waals surface area contributed by atoms with Gasteiger partial charge in [-0.1, -0.05) is 18.2 Å². The third-order valence-electron chi connectivity index (χ3n) is 3.91. The summed E-state index contributed by atoms with van der Waals surface area (Å²) in [5.74, 6) is 2.41. The Hall–Kier alpha value is -2.24. The third kappa shape index (κ3) is 4.19. The number of fused-ring (bicyclic) bond motifs is 1. The van der Waals surface area contributed by atoms with Crippen LogP contribution in [0.5, 0.6) is 17.2 Å². The molecule has 1 aliphatic heterocycles. The van der Waals surface area contributed by atoms with Crippen molar-refractivity contribution >= 4 is 0 Å². The molecule has 0 radical (unpaired) electrons. The second-order valence-corrected chi connectivity index (χ2v) is 6.06. The normalized spacial score (nSPS) is 14.0. The Bertz CT molecular complexity index is 687. The summed E-state index contributed by atoms with van der Waals surface area (Å²) < 4.78 is 16.1. The molecule has 5 heteroatoms. The average Bonchev–Trinajstić information content (AvgIpc) is 3.02. The van der Waals surface area contributed by atoms with Crippen molar-refractivity contribution in [3.8, 4) is 17.2 Å². The Kier molecular flexibility index (Phi) is 5.23. The fraction of sp³-hybridized carbons (Fsp3) is 0.368. The summed E-state index contributed by atoms with van der Waals surface area (Å²) in [6.07, 6.45) is -0.399. The zero-order valence-corrected chi connectivity index (χ0v) is 14.1. The number of ether oxygens (including phenoxy) is 3. The molecule has 0 bridgehead atoms. The van der Waals surface area contributed by atoms with Gasteiger partial charge in [-0.25, -0.2) is 0 Å². The van der Waals surface area contributed by atoms with E-state index in [1.165, 1.54) is 0 Å². The summed E-state index contributed by atoms with van der Waals surface area (Å²) >= 11 is 0. The number of aliphatic hydroxyl groups is 1. The molecule has 0 fully saturated rings. The van der Waals surface area contributed by atoms with Crippen molar-refractivity contribution in [2.24, 2.45) is 0 Å². The molecule has 1 heterocycles. The monoisotopic (exact) mass is 329 g/mol. The molecule has 1 N–H and O–H groups in total. The van der Waals surface area contributed by atoms with E-state index in [9.17, 15) is 5.11 Å². The summed E-state index contributed by atoms with van der Waals surface area (Å²) in [6, 6.07) is 14.0. The van der Waals surface area contributed by atoms with Crippen LogP contribution in [0.3, 0.4) is 0 Å². The number of methoxy groups -OCH3 is 1. The molecule has 24 heavy (non-hydrogen) atoms. The van der Waals surface area contributed by atoms with Crippen molar-refractivity contribution in [1.82, 2.24) is 4.90 Å². The maximum Gasteiger partial charge on any atom is 0.231 e. The Morgan fingerprint density at radius 2 is 1.83 bits per heavy atom. The zero-order chi connectivity index (χ0) is 16.9. The van der Waals surface area contributed by atoms with Gasteiger partial charge in [0.05, 0.1) is 13.2 Å². The lowest BCUT2D eigenvalue weighted by molar-refractivity contribution is 0.118. The fourth-order valence-corrected chi connectivity index (χ4v) is 2.89. The first-order valence-electron chi connectivity index (χ1n) is 8.06. The lowest BCUT2D eigenvalue weighted by Gasteiger charge is -2.24. The molecule has 1 aliphatic rings. The molecule has 0 saturated heterocycles. The van der Waals surface area contributed by atoms with Crippen LogP contribution < -0.4 is 14.2 Å². The summed E-state index contributed by atoms with van der Waals surface area (Å²) in [7, 11) is 1.67. The summed E-state index contributed by atoms with van der Waals surface area (Å²) in [4.78, 5) is 2.21. The van der Waals surface area contributed by atoms with E-state index in [-0.39, 0.29) is 6.79 Å². The number of nitrogens with zero attached hydrogens (tertiary/aromatic N) is 1. The molecule has 0 aromatic heterocycles. The minimum Gasteiger partial charge on any atom is -0.497 e. The van der Waals surface area contributed by atoms with Gasteiger partial charge in [0.1, 0.15) is 5.75 Å². The van der Waals surface area contributed by atoms with Gasteiger partial charge in [-0.2, -0.15) is 0 Å². The summed E-state index contributed by atoms with van der Waals surface area (Å²) in [5, 5.41) is 9.82. The Morgan fingerprint density at radius 3 is 2.58 bits per heavy atom. The van der Waals surface area contributed by atoms with Gasteiger partial charge in [-0.15, -0.1) is 0 Å². The van der Waals surface area contributed by atoms with E-state index < -0.39 is 6.10 Å². The van der Waals surface area contributed by atoms with Crippen molar-refractivity contribution in [3.63, 3.8) is 0 Å². The number of hydrogen-bond acceptors (Lipinski definition) is 5. The van der Waals surface area contributed by atoms with E-state index in [0.29, 0.717) is 6.54 Å². The van der Waals surface area contributed by atoms with Crippen LogP contribution in [-0.4, -0.2) is 36.6 Å².